The number of carbonyl (C=O) groups excluding carboxylic acids is 2. The van der Waals surface area contributed by atoms with Gasteiger partial charge in [-0.25, -0.2) is 4.79 Å². The van der Waals surface area contributed by atoms with Gasteiger partial charge in [0, 0.05) is 13.2 Å². The number of methoxy groups -OCH3 is 1. The van der Waals surface area contributed by atoms with Crippen LogP contribution in [0.5, 0.6) is 0 Å². The Hall–Kier alpha value is -1.88. The van der Waals surface area contributed by atoms with Crippen molar-refractivity contribution in [1.29, 1.82) is 0 Å². The quantitative estimate of drug-likeness (QED) is 0.819. The molecule has 1 saturated carbocycles. The number of esters is 1. The normalized spacial score (nSPS) is 20.8. The van der Waals surface area contributed by atoms with E-state index in [9.17, 15) is 9.59 Å². The van der Waals surface area contributed by atoms with Gasteiger partial charge >= 0.3 is 5.97 Å². The number of hydrogen-bond donors (Lipinski definition) is 1. The van der Waals surface area contributed by atoms with E-state index in [4.69, 9.17) is 9.47 Å². The summed E-state index contributed by atoms with van der Waals surface area (Å²) in [5.74, 6) is -0.231. The zero-order valence-electron chi connectivity index (χ0n) is 13.8. The summed E-state index contributed by atoms with van der Waals surface area (Å²) < 4.78 is 10.1. The van der Waals surface area contributed by atoms with Crippen molar-refractivity contribution in [3.63, 3.8) is 0 Å². The predicted octanol–water partition coefficient (Wildman–Crippen LogP) is 2.68. The van der Waals surface area contributed by atoms with Crippen molar-refractivity contribution in [3.8, 4) is 0 Å². The van der Waals surface area contributed by atoms with Crippen molar-refractivity contribution in [2.45, 2.75) is 45.3 Å². The van der Waals surface area contributed by atoms with Gasteiger partial charge in [-0.3, -0.25) is 4.79 Å². The molecule has 0 heterocycles. The molecule has 23 heavy (non-hydrogen) atoms. The highest BCUT2D eigenvalue weighted by Crippen LogP contribution is 2.23. The van der Waals surface area contributed by atoms with E-state index >= 15 is 0 Å². The number of carbonyl (C=O) groups is 2. The number of rotatable bonds is 6. The molecule has 126 valence electrons. The second-order valence-corrected chi connectivity index (χ2v) is 6.14. The fourth-order valence-electron chi connectivity index (χ4n) is 2.90. The van der Waals surface area contributed by atoms with Crippen LogP contribution in [-0.4, -0.2) is 31.6 Å². The van der Waals surface area contributed by atoms with Gasteiger partial charge in [0.1, 0.15) is 0 Å². The molecule has 0 aliphatic heterocycles. The average Bonchev–Trinajstić information content (AvgIpc) is 2.56. The largest absolute Gasteiger partial charge is 0.452 e. The molecular weight excluding hydrogens is 294 g/mol. The summed E-state index contributed by atoms with van der Waals surface area (Å²) in [7, 11) is 1.62. The molecule has 1 aromatic rings. The standard InChI is InChI=1S/C18H25NO4/c1-13-5-3-4-6-16(13)19-17(20)12-23-18(21)15-9-7-14(8-10-15)11-22-2/h7-10,13,16H,3-6,11-12H2,1-2H3,(H,19,20)/t13-,16-/m1/s1. The SMILES string of the molecule is COCc1ccc(C(=O)OCC(=O)N[C@@H]2CCCC[C@H]2C)cc1. The summed E-state index contributed by atoms with van der Waals surface area (Å²) in [6.45, 7) is 2.41. The van der Waals surface area contributed by atoms with Crippen LogP contribution in [-0.2, 0) is 20.9 Å². The lowest BCUT2D eigenvalue weighted by Gasteiger charge is -2.29. The molecule has 1 aliphatic carbocycles. The monoisotopic (exact) mass is 319 g/mol. The highest BCUT2D eigenvalue weighted by Gasteiger charge is 2.23. The fraction of sp³-hybridized carbons (Fsp3) is 0.556. The molecule has 1 N–H and O–H groups in total. The maximum Gasteiger partial charge on any atom is 0.338 e. The Bertz CT molecular complexity index is 526. The molecule has 0 spiro atoms. The lowest BCUT2D eigenvalue weighted by Crippen LogP contribution is -2.42. The minimum Gasteiger partial charge on any atom is -0.452 e. The van der Waals surface area contributed by atoms with Crippen LogP contribution in [0.3, 0.4) is 0 Å². The van der Waals surface area contributed by atoms with Crippen LogP contribution >= 0.6 is 0 Å². The smallest absolute Gasteiger partial charge is 0.338 e. The molecule has 1 aliphatic rings. The Morgan fingerprint density at radius 1 is 1.17 bits per heavy atom. The van der Waals surface area contributed by atoms with E-state index in [2.05, 4.69) is 12.2 Å². The molecule has 0 radical (unpaired) electrons. The Balaban J connectivity index is 1.77. The predicted molar refractivity (Wildman–Crippen MR) is 87.0 cm³/mol. The van der Waals surface area contributed by atoms with Crippen LogP contribution in [0.2, 0.25) is 0 Å². The van der Waals surface area contributed by atoms with E-state index in [1.807, 2.05) is 12.1 Å². The summed E-state index contributed by atoms with van der Waals surface area (Å²) in [6, 6.07) is 7.17. The highest BCUT2D eigenvalue weighted by molar-refractivity contribution is 5.91. The average molecular weight is 319 g/mol. The third-order valence-corrected chi connectivity index (χ3v) is 4.29. The van der Waals surface area contributed by atoms with E-state index < -0.39 is 5.97 Å². The molecule has 0 unspecified atom stereocenters. The third-order valence-electron chi connectivity index (χ3n) is 4.29. The van der Waals surface area contributed by atoms with Crippen molar-refractivity contribution in [3.05, 3.63) is 35.4 Å². The second-order valence-electron chi connectivity index (χ2n) is 6.14. The maximum atomic E-state index is 11.9. The molecule has 1 fully saturated rings. The summed E-state index contributed by atoms with van der Waals surface area (Å²) in [5.41, 5.74) is 1.41. The van der Waals surface area contributed by atoms with Crippen LogP contribution < -0.4 is 5.32 Å². The van der Waals surface area contributed by atoms with Crippen molar-refractivity contribution in [1.82, 2.24) is 5.32 Å². The summed E-state index contributed by atoms with van der Waals surface area (Å²) >= 11 is 0. The number of ether oxygens (including phenoxy) is 2. The molecule has 0 bridgehead atoms. The van der Waals surface area contributed by atoms with E-state index in [0.29, 0.717) is 18.1 Å². The third kappa shape index (κ3) is 5.36. The van der Waals surface area contributed by atoms with E-state index in [1.54, 1.807) is 19.2 Å². The minimum atomic E-state index is -0.485. The lowest BCUT2D eigenvalue weighted by atomic mass is 9.86. The summed E-state index contributed by atoms with van der Waals surface area (Å²) in [5, 5.41) is 2.97. The van der Waals surface area contributed by atoms with Gasteiger partial charge < -0.3 is 14.8 Å². The van der Waals surface area contributed by atoms with Gasteiger partial charge in [-0.2, -0.15) is 0 Å². The molecule has 0 saturated heterocycles. The molecule has 1 aromatic carbocycles. The molecule has 2 rings (SSSR count). The van der Waals surface area contributed by atoms with E-state index in [0.717, 1.165) is 24.8 Å². The van der Waals surface area contributed by atoms with Crippen LogP contribution in [0.1, 0.15) is 48.5 Å². The van der Waals surface area contributed by atoms with Gasteiger partial charge in [-0.15, -0.1) is 0 Å². The molecular formula is C18H25NO4. The van der Waals surface area contributed by atoms with Crippen molar-refractivity contribution < 1.29 is 19.1 Å². The van der Waals surface area contributed by atoms with Crippen molar-refractivity contribution in [2.24, 2.45) is 5.92 Å². The number of amides is 1. The first-order chi connectivity index (χ1) is 11.1. The van der Waals surface area contributed by atoms with Crippen molar-refractivity contribution in [2.75, 3.05) is 13.7 Å². The number of benzene rings is 1. The fourth-order valence-corrected chi connectivity index (χ4v) is 2.90. The molecule has 0 aromatic heterocycles. The Morgan fingerprint density at radius 2 is 1.87 bits per heavy atom. The van der Waals surface area contributed by atoms with Crippen LogP contribution in [0.15, 0.2) is 24.3 Å². The lowest BCUT2D eigenvalue weighted by molar-refractivity contribution is -0.125. The summed E-state index contributed by atoms with van der Waals surface area (Å²) in [6.07, 6.45) is 4.50. The Kier molecular flexibility index (Phi) is 6.59. The van der Waals surface area contributed by atoms with Crippen LogP contribution in [0.4, 0.5) is 0 Å². The molecule has 1 amide bonds. The first-order valence-corrected chi connectivity index (χ1v) is 8.14. The van der Waals surface area contributed by atoms with Gasteiger partial charge in [0.05, 0.1) is 12.2 Å². The first kappa shape index (κ1) is 17.5. The van der Waals surface area contributed by atoms with E-state index in [1.165, 1.54) is 6.42 Å². The Morgan fingerprint density at radius 3 is 2.52 bits per heavy atom. The molecule has 5 nitrogen and oxygen atoms in total. The van der Waals surface area contributed by atoms with Gasteiger partial charge in [-0.05, 0) is 36.5 Å². The van der Waals surface area contributed by atoms with Crippen LogP contribution in [0.25, 0.3) is 0 Å². The first-order valence-electron chi connectivity index (χ1n) is 8.14. The maximum absolute atomic E-state index is 11.9. The molecule has 5 heteroatoms. The number of nitrogens with one attached hydrogen (secondary N) is 1. The zero-order chi connectivity index (χ0) is 16.7. The summed E-state index contributed by atoms with van der Waals surface area (Å²) in [4.78, 5) is 23.9. The topological polar surface area (TPSA) is 64.6 Å². The van der Waals surface area contributed by atoms with Gasteiger partial charge in [0.25, 0.3) is 5.91 Å². The highest BCUT2D eigenvalue weighted by atomic mass is 16.5. The molecule has 2 atom stereocenters. The van der Waals surface area contributed by atoms with Crippen LogP contribution in [0, 0.1) is 5.92 Å². The minimum absolute atomic E-state index is 0.197. The van der Waals surface area contributed by atoms with E-state index in [-0.39, 0.29) is 18.6 Å². The van der Waals surface area contributed by atoms with Gasteiger partial charge in [0.15, 0.2) is 6.61 Å². The Labute approximate surface area is 137 Å². The van der Waals surface area contributed by atoms with Gasteiger partial charge in [-0.1, -0.05) is 31.9 Å². The van der Waals surface area contributed by atoms with Crippen molar-refractivity contribution >= 4 is 11.9 Å². The van der Waals surface area contributed by atoms with Gasteiger partial charge in [0.2, 0.25) is 0 Å². The second kappa shape index (κ2) is 8.67. The number of hydrogen-bond acceptors (Lipinski definition) is 4. The zero-order valence-corrected chi connectivity index (χ0v) is 13.8.